The SMILES string of the molecule is CC1CCN(C(=O)CCSCC(N)=O)C1C(=O)O. The number of hydrogen-bond acceptors (Lipinski definition) is 4. The molecule has 2 atom stereocenters. The molecule has 6 nitrogen and oxygen atoms in total. The van der Waals surface area contributed by atoms with Crippen LogP contribution >= 0.6 is 11.8 Å². The lowest BCUT2D eigenvalue weighted by molar-refractivity contribution is -0.149. The van der Waals surface area contributed by atoms with Crippen LogP contribution in [0.5, 0.6) is 0 Å². The summed E-state index contributed by atoms with van der Waals surface area (Å²) in [6, 6.07) is -0.710. The van der Waals surface area contributed by atoms with Gasteiger partial charge in [-0.2, -0.15) is 11.8 Å². The molecule has 102 valence electrons. The number of nitrogens with two attached hydrogens (primary N) is 1. The van der Waals surface area contributed by atoms with Gasteiger partial charge in [-0.15, -0.1) is 0 Å². The van der Waals surface area contributed by atoms with E-state index in [4.69, 9.17) is 10.8 Å². The van der Waals surface area contributed by atoms with Crippen LogP contribution in [0, 0.1) is 5.92 Å². The van der Waals surface area contributed by atoms with Crippen molar-refractivity contribution in [2.75, 3.05) is 18.1 Å². The minimum absolute atomic E-state index is 0.00952. The Labute approximate surface area is 110 Å². The highest BCUT2D eigenvalue weighted by atomic mass is 32.2. The molecule has 0 bridgehead atoms. The number of carboxylic acids is 1. The number of likely N-dealkylation sites (tertiary alicyclic amines) is 1. The largest absolute Gasteiger partial charge is 0.480 e. The number of carboxylic acid groups (broad SMARTS) is 1. The van der Waals surface area contributed by atoms with Gasteiger partial charge in [-0.1, -0.05) is 6.92 Å². The Balaban J connectivity index is 2.41. The Morgan fingerprint density at radius 1 is 1.44 bits per heavy atom. The molecule has 0 aromatic carbocycles. The molecular formula is C11H18N2O4S. The molecular weight excluding hydrogens is 256 g/mol. The van der Waals surface area contributed by atoms with Gasteiger partial charge in [-0.25, -0.2) is 4.79 Å². The summed E-state index contributed by atoms with van der Waals surface area (Å²) in [6.45, 7) is 2.34. The lowest BCUT2D eigenvalue weighted by atomic mass is 10.0. The fourth-order valence-corrected chi connectivity index (χ4v) is 2.74. The molecule has 0 radical (unpaired) electrons. The van der Waals surface area contributed by atoms with Crippen molar-refractivity contribution in [3.05, 3.63) is 0 Å². The summed E-state index contributed by atoms with van der Waals surface area (Å²) in [5.74, 6) is -0.859. The first kappa shape index (κ1) is 14.8. The molecule has 18 heavy (non-hydrogen) atoms. The quantitative estimate of drug-likeness (QED) is 0.660. The Kier molecular flexibility index (Phi) is 5.46. The predicted octanol–water partition coefficient (Wildman–Crippen LogP) is -0.0834. The van der Waals surface area contributed by atoms with Crippen molar-refractivity contribution in [1.82, 2.24) is 4.90 Å². The molecule has 1 saturated heterocycles. The Morgan fingerprint density at radius 3 is 2.67 bits per heavy atom. The normalized spacial score (nSPS) is 23.1. The van der Waals surface area contributed by atoms with Crippen LogP contribution in [-0.4, -0.2) is 51.9 Å². The first-order valence-corrected chi connectivity index (χ1v) is 6.97. The first-order chi connectivity index (χ1) is 8.43. The lowest BCUT2D eigenvalue weighted by Crippen LogP contribution is -2.42. The van der Waals surface area contributed by atoms with Gasteiger partial charge in [0.15, 0.2) is 0 Å². The van der Waals surface area contributed by atoms with E-state index in [0.29, 0.717) is 12.3 Å². The smallest absolute Gasteiger partial charge is 0.326 e. The van der Waals surface area contributed by atoms with Gasteiger partial charge in [-0.3, -0.25) is 9.59 Å². The third kappa shape index (κ3) is 3.90. The fraction of sp³-hybridized carbons (Fsp3) is 0.727. The van der Waals surface area contributed by atoms with E-state index >= 15 is 0 Å². The van der Waals surface area contributed by atoms with E-state index in [1.165, 1.54) is 16.7 Å². The van der Waals surface area contributed by atoms with Crippen LogP contribution in [0.15, 0.2) is 0 Å². The molecule has 2 amide bonds. The van der Waals surface area contributed by atoms with Gasteiger partial charge >= 0.3 is 5.97 Å². The fourth-order valence-electron chi connectivity index (χ4n) is 2.08. The molecule has 0 saturated carbocycles. The average molecular weight is 274 g/mol. The summed E-state index contributed by atoms with van der Waals surface area (Å²) in [4.78, 5) is 34.9. The van der Waals surface area contributed by atoms with E-state index in [9.17, 15) is 14.4 Å². The summed E-state index contributed by atoms with van der Waals surface area (Å²) in [6.07, 6.45) is 0.964. The minimum atomic E-state index is -0.946. The number of aliphatic carboxylic acids is 1. The van der Waals surface area contributed by atoms with E-state index in [1.54, 1.807) is 0 Å². The van der Waals surface area contributed by atoms with Crippen molar-refractivity contribution in [1.29, 1.82) is 0 Å². The van der Waals surface area contributed by atoms with Gasteiger partial charge in [0.25, 0.3) is 0 Å². The van der Waals surface area contributed by atoms with Crippen molar-refractivity contribution < 1.29 is 19.5 Å². The summed E-state index contributed by atoms with van der Waals surface area (Å²) in [7, 11) is 0. The van der Waals surface area contributed by atoms with Gasteiger partial charge in [-0.05, 0) is 12.3 Å². The first-order valence-electron chi connectivity index (χ1n) is 5.81. The van der Waals surface area contributed by atoms with Gasteiger partial charge in [0, 0.05) is 18.7 Å². The zero-order chi connectivity index (χ0) is 13.7. The van der Waals surface area contributed by atoms with Crippen LogP contribution in [0.3, 0.4) is 0 Å². The zero-order valence-electron chi connectivity index (χ0n) is 10.3. The maximum Gasteiger partial charge on any atom is 0.326 e. The maximum atomic E-state index is 11.9. The van der Waals surface area contributed by atoms with Crippen molar-refractivity contribution in [3.8, 4) is 0 Å². The molecule has 0 aliphatic carbocycles. The van der Waals surface area contributed by atoms with Crippen molar-refractivity contribution >= 4 is 29.5 Å². The molecule has 1 rings (SSSR count). The monoisotopic (exact) mass is 274 g/mol. The number of rotatable bonds is 6. The summed E-state index contributed by atoms with van der Waals surface area (Å²) in [5.41, 5.74) is 4.98. The Bertz CT molecular complexity index is 348. The van der Waals surface area contributed by atoms with E-state index in [2.05, 4.69) is 0 Å². The number of hydrogen-bond donors (Lipinski definition) is 2. The summed E-state index contributed by atoms with van der Waals surface area (Å²) >= 11 is 1.29. The predicted molar refractivity (Wildman–Crippen MR) is 68.1 cm³/mol. The molecule has 1 heterocycles. The molecule has 2 unspecified atom stereocenters. The second kappa shape index (κ2) is 6.63. The highest BCUT2D eigenvalue weighted by Crippen LogP contribution is 2.25. The molecule has 1 fully saturated rings. The van der Waals surface area contributed by atoms with Gasteiger partial charge in [0.2, 0.25) is 11.8 Å². The molecule has 0 spiro atoms. The van der Waals surface area contributed by atoms with E-state index < -0.39 is 17.9 Å². The molecule has 3 N–H and O–H groups in total. The third-order valence-corrected chi connectivity index (χ3v) is 3.96. The van der Waals surface area contributed by atoms with Crippen molar-refractivity contribution in [2.24, 2.45) is 11.7 Å². The number of nitrogens with zero attached hydrogens (tertiary/aromatic N) is 1. The zero-order valence-corrected chi connectivity index (χ0v) is 11.1. The molecule has 0 aromatic rings. The van der Waals surface area contributed by atoms with Crippen LogP contribution in [0.25, 0.3) is 0 Å². The highest BCUT2D eigenvalue weighted by Gasteiger charge is 2.38. The van der Waals surface area contributed by atoms with Crippen LogP contribution in [0.4, 0.5) is 0 Å². The average Bonchev–Trinajstić information content (AvgIpc) is 2.66. The number of amides is 2. The second-order valence-corrected chi connectivity index (χ2v) is 5.51. The summed E-state index contributed by atoms with van der Waals surface area (Å²) < 4.78 is 0. The molecule has 1 aliphatic rings. The van der Waals surface area contributed by atoms with Crippen molar-refractivity contribution in [2.45, 2.75) is 25.8 Å². The standard InChI is InChI=1S/C11H18N2O4S/c1-7-2-4-13(10(7)11(16)17)9(15)3-5-18-6-8(12)14/h7,10H,2-6H2,1H3,(H2,12,14)(H,16,17). The van der Waals surface area contributed by atoms with Crippen molar-refractivity contribution in [3.63, 3.8) is 0 Å². The maximum absolute atomic E-state index is 11.9. The molecule has 0 aromatic heterocycles. The Morgan fingerprint density at radius 2 is 2.11 bits per heavy atom. The van der Waals surface area contributed by atoms with Gasteiger partial charge in [0.05, 0.1) is 5.75 Å². The topological polar surface area (TPSA) is 101 Å². The van der Waals surface area contributed by atoms with E-state index in [0.717, 1.165) is 6.42 Å². The van der Waals surface area contributed by atoms with Gasteiger partial charge < -0.3 is 15.7 Å². The van der Waals surface area contributed by atoms with E-state index in [-0.39, 0.29) is 24.0 Å². The highest BCUT2D eigenvalue weighted by molar-refractivity contribution is 7.99. The lowest BCUT2D eigenvalue weighted by Gasteiger charge is -2.23. The molecule has 7 heteroatoms. The van der Waals surface area contributed by atoms with E-state index in [1.807, 2.05) is 6.92 Å². The Hall–Kier alpha value is -1.24. The van der Waals surface area contributed by atoms with Crippen LogP contribution in [-0.2, 0) is 14.4 Å². The third-order valence-electron chi connectivity index (χ3n) is 2.98. The number of primary amides is 1. The number of carbonyl (C=O) groups is 3. The minimum Gasteiger partial charge on any atom is -0.480 e. The number of carbonyl (C=O) groups excluding carboxylic acids is 2. The van der Waals surface area contributed by atoms with Crippen LogP contribution in [0.2, 0.25) is 0 Å². The number of thioether (sulfide) groups is 1. The summed E-state index contributed by atoms with van der Waals surface area (Å²) in [5, 5.41) is 9.09. The van der Waals surface area contributed by atoms with Gasteiger partial charge in [0.1, 0.15) is 6.04 Å². The van der Waals surface area contributed by atoms with Crippen LogP contribution < -0.4 is 5.73 Å². The van der Waals surface area contributed by atoms with Crippen LogP contribution in [0.1, 0.15) is 19.8 Å². The second-order valence-electron chi connectivity index (χ2n) is 4.41. The molecule has 1 aliphatic heterocycles.